The summed E-state index contributed by atoms with van der Waals surface area (Å²) in [7, 11) is 0. The Bertz CT molecular complexity index is 2410. The van der Waals surface area contributed by atoms with Gasteiger partial charge in [0.1, 0.15) is 35.9 Å². The molecule has 7 atom stereocenters. The van der Waals surface area contributed by atoms with E-state index in [0.29, 0.717) is 29.6 Å². The van der Waals surface area contributed by atoms with Crippen LogP contribution in [0.1, 0.15) is 70.7 Å². The quantitative estimate of drug-likeness (QED) is 0.0428. The number of pyridine rings is 2. The van der Waals surface area contributed by atoms with E-state index < -0.39 is 136 Å². The molecule has 0 fully saturated rings. The van der Waals surface area contributed by atoms with Gasteiger partial charge >= 0.3 is 11.9 Å². The highest BCUT2D eigenvalue weighted by atomic mass is 16.6. The second-order valence-electron chi connectivity index (χ2n) is 15.2. The van der Waals surface area contributed by atoms with Crippen molar-refractivity contribution < 1.29 is 68.3 Å². The number of amides is 7. The number of aliphatic hydroxyl groups is 1. The summed E-state index contributed by atoms with van der Waals surface area (Å²) in [5.74, 6) is -10.2. The van der Waals surface area contributed by atoms with Crippen LogP contribution in [0.2, 0.25) is 0 Å². The maximum absolute atomic E-state index is 13.8. The smallest absolute Gasteiger partial charge is 0.305 e. The molecule has 0 aliphatic heterocycles. The molecule has 7 amide bonds. The standard InChI is InChI=1S/C41H49N11O16/c1-6-19(2)34(49-37(60)23-7-10-26(42-17-23)27-11-8-24(18-43-27)45-36(59)20(3)44-22(5)54)40(63)47-29(13-14-32(55)56)38(61)50-35(21(4)53)41(64)48-30(16-33(57)58)39(62)46-28-12-9-25(51(65)66)15-31(28)52(67)68/h7-12,15,17-21,29-30,34-35,53H,6,13-14,16H2,1-5H3,(H,44,54)(H,45,59)(H,46,62)(H,47,63)(H,48,64)(H,49,60)(H,50,61)(H,55,56)(H,57,58)/t19-,20-,21+,29-,30-,34-,35-/m0/s1. The second kappa shape index (κ2) is 24.7. The lowest BCUT2D eigenvalue weighted by Crippen LogP contribution is -2.61. The third-order valence-electron chi connectivity index (χ3n) is 9.92. The van der Waals surface area contributed by atoms with Crippen LogP contribution in [0, 0.1) is 26.1 Å². The normalized spacial score (nSPS) is 13.9. The van der Waals surface area contributed by atoms with Gasteiger partial charge in [-0.2, -0.15) is 0 Å². The van der Waals surface area contributed by atoms with Gasteiger partial charge in [-0.05, 0) is 56.5 Å². The minimum atomic E-state index is -2.03. The van der Waals surface area contributed by atoms with Gasteiger partial charge in [-0.25, -0.2) is 0 Å². The fraction of sp³-hybridized carbons (Fsp3) is 0.390. The molecule has 2 heterocycles. The molecule has 3 aromatic rings. The summed E-state index contributed by atoms with van der Waals surface area (Å²) in [6, 6.07) is 0.202. The van der Waals surface area contributed by atoms with E-state index in [1.807, 2.05) is 10.6 Å². The Morgan fingerprint density at radius 2 is 1.29 bits per heavy atom. The van der Waals surface area contributed by atoms with Gasteiger partial charge in [0.15, 0.2) is 0 Å². The van der Waals surface area contributed by atoms with E-state index in [1.54, 1.807) is 26.0 Å². The van der Waals surface area contributed by atoms with Gasteiger partial charge in [-0.1, -0.05) is 20.3 Å². The van der Waals surface area contributed by atoms with E-state index in [-0.39, 0.29) is 11.5 Å². The second-order valence-corrected chi connectivity index (χ2v) is 15.2. The van der Waals surface area contributed by atoms with Crippen molar-refractivity contribution in [3.05, 3.63) is 80.7 Å². The van der Waals surface area contributed by atoms with E-state index >= 15 is 0 Å². The van der Waals surface area contributed by atoms with Crippen LogP contribution in [-0.4, -0.2) is 125 Å². The molecular formula is C41H49N11O16. The van der Waals surface area contributed by atoms with Crippen molar-refractivity contribution in [1.29, 1.82) is 0 Å². The summed E-state index contributed by atoms with van der Waals surface area (Å²) in [6.45, 7) is 7.11. The molecule has 27 heteroatoms. The number of rotatable bonds is 24. The zero-order valence-corrected chi connectivity index (χ0v) is 37.0. The highest BCUT2D eigenvalue weighted by Gasteiger charge is 2.36. The number of nitrogens with zero attached hydrogens (tertiary/aromatic N) is 4. The predicted molar refractivity (Wildman–Crippen MR) is 235 cm³/mol. The molecule has 1 aromatic carbocycles. The fourth-order valence-electron chi connectivity index (χ4n) is 6.06. The Balaban J connectivity index is 1.78. The first kappa shape index (κ1) is 53.8. The summed E-state index contributed by atoms with van der Waals surface area (Å²) < 4.78 is 0. The maximum Gasteiger partial charge on any atom is 0.305 e. The number of nitro groups is 2. The Morgan fingerprint density at radius 3 is 1.81 bits per heavy atom. The first-order valence-corrected chi connectivity index (χ1v) is 20.5. The molecule has 0 spiro atoms. The maximum atomic E-state index is 13.8. The van der Waals surface area contributed by atoms with Gasteiger partial charge in [0.25, 0.3) is 17.3 Å². The summed E-state index contributed by atoms with van der Waals surface area (Å²) in [5, 5.41) is 68.3. The van der Waals surface area contributed by atoms with E-state index in [2.05, 4.69) is 36.6 Å². The van der Waals surface area contributed by atoms with Gasteiger partial charge in [-0.3, -0.25) is 73.3 Å². The van der Waals surface area contributed by atoms with Crippen LogP contribution in [-0.2, 0) is 38.4 Å². The van der Waals surface area contributed by atoms with Crippen LogP contribution in [0.4, 0.5) is 22.7 Å². The summed E-state index contributed by atoms with van der Waals surface area (Å²) in [4.78, 5) is 144. The topological polar surface area (TPSA) is 411 Å². The van der Waals surface area contributed by atoms with Gasteiger partial charge in [0.05, 0.1) is 57.3 Å². The fourth-order valence-corrected chi connectivity index (χ4v) is 6.06. The largest absolute Gasteiger partial charge is 0.481 e. The van der Waals surface area contributed by atoms with E-state index in [0.717, 1.165) is 19.1 Å². The van der Waals surface area contributed by atoms with Crippen LogP contribution in [0.5, 0.6) is 0 Å². The number of carbonyl (C=O) groups excluding carboxylic acids is 7. The van der Waals surface area contributed by atoms with Crippen molar-refractivity contribution in [1.82, 2.24) is 36.6 Å². The first-order chi connectivity index (χ1) is 31.9. The van der Waals surface area contributed by atoms with Crippen molar-refractivity contribution in [3.63, 3.8) is 0 Å². The molecule has 27 nitrogen and oxygen atoms in total. The third-order valence-corrected chi connectivity index (χ3v) is 9.92. The number of carbonyl (C=O) groups is 9. The number of carboxylic acid groups (broad SMARTS) is 2. The summed E-state index contributed by atoms with van der Waals surface area (Å²) >= 11 is 0. The number of aliphatic hydroxyl groups excluding tert-OH is 1. The lowest BCUT2D eigenvalue weighted by molar-refractivity contribution is -0.393. The van der Waals surface area contributed by atoms with E-state index in [9.17, 15) is 78.7 Å². The number of hydrogen-bond donors (Lipinski definition) is 10. The van der Waals surface area contributed by atoms with Gasteiger partial charge in [0, 0.05) is 25.6 Å². The molecule has 364 valence electrons. The molecule has 0 saturated heterocycles. The third kappa shape index (κ3) is 15.9. The first-order valence-electron chi connectivity index (χ1n) is 20.5. The minimum absolute atomic E-state index is 0.00231. The lowest BCUT2D eigenvalue weighted by Gasteiger charge is -2.28. The Kier molecular flexibility index (Phi) is 19.6. The molecule has 0 aliphatic carbocycles. The number of nitro benzene ring substituents is 2. The zero-order chi connectivity index (χ0) is 51.0. The number of benzene rings is 1. The number of aromatic nitrogens is 2. The average Bonchev–Trinajstić information content (AvgIpc) is 3.27. The molecular weight excluding hydrogens is 903 g/mol. The van der Waals surface area contributed by atoms with Crippen molar-refractivity contribution in [3.8, 4) is 11.4 Å². The van der Waals surface area contributed by atoms with Crippen LogP contribution < -0.4 is 37.2 Å². The minimum Gasteiger partial charge on any atom is -0.481 e. The number of hydrogen-bond acceptors (Lipinski definition) is 16. The Labute approximate surface area is 385 Å². The van der Waals surface area contributed by atoms with Crippen LogP contribution >= 0.6 is 0 Å². The predicted octanol–water partition coefficient (Wildman–Crippen LogP) is 0.381. The number of non-ortho nitro benzene ring substituents is 1. The van der Waals surface area contributed by atoms with Gasteiger partial charge in [-0.15, -0.1) is 0 Å². The number of aliphatic carboxylic acids is 2. The van der Waals surface area contributed by atoms with Crippen LogP contribution in [0.15, 0.2) is 54.9 Å². The highest BCUT2D eigenvalue weighted by molar-refractivity contribution is 6.02. The number of anilines is 2. The van der Waals surface area contributed by atoms with Crippen LogP contribution in [0.3, 0.4) is 0 Å². The lowest BCUT2D eigenvalue weighted by atomic mass is 9.97. The summed E-state index contributed by atoms with van der Waals surface area (Å²) in [6.07, 6.45) is -1.35. The molecule has 0 radical (unpaired) electrons. The molecule has 0 bridgehead atoms. The molecule has 0 aliphatic rings. The molecule has 68 heavy (non-hydrogen) atoms. The van der Waals surface area contributed by atoms with Crippen LogP contribution in [0.25, 0.3) is 11.4 Å². The van der Waals surface area contributed by atoms with Crippen molar-refractivity contribution in [2.24, 2.45) is 5.92 Å². The molecule has 0 saturated carbocycles. The zero-order valence-electron chi connectivity index (χ0n) is 37.0. The van der Waals surface area contributed by atoms with E-state index in [4.69, 9.17) is 0 Å². The van der Waals surface area contributed by atoms with E-state index in [1.165, 1.54) is 38.4 Å². The van der Waals surface area contributed by atoms with Gasteiger partial charge < -0.3 is 52.5 Å². The monoisotopic (exact) mass is 951 g/mol. The molecule has 0 unspecified atom stereocenters. The molecule has 2 aromatic heterocycles. The number of nitrogens with one attached hydrogen (secondary N) is 7. The van der Waals surface area contributed by atoms with Crippen molar-refractivity contribution in [2.75, 3.05) is 10.6 Å². The van der Waals surface area contributed by atoms with Crippen molar-refractivity contribution >= 4 is 76.0 Å². The molecule has 3 rings (SSSR count). The Morgan fingerprint density at radius 1 is 0.676 bits per heavy atom. The molecule has 10 N–H and O–H groups in total. The van der Waals surface area contributed by atoms with Gasteiger partial charge in [0.2, 0.25) is 35.4 Å². The Hall–Kier alpha value is -8.49. The SMILES string of the molecule is CC[C@H](C)[C@H](NC(=O)c1ccc(-c2ccc(NC(=O)[C@H](C)NC(C)=O)cn2)nc1)C(=O)N[C@@H](CCC(=O)O)C(=O)N[C@H](C(=O)N[C@@H](CC(=O)O)C(=O)Nc1ccc([N+](=O)[O-])cc1[N+](=O)[O-])[C@@H](C)O. The van der Waals surface area contributed by atoms with Crippen molar-refractivity contribution in [2.45, 2.75) is 96.6 Å². The average molecular weight is 952 g/mol. The highest BCUT2D eigenvalue weighted by Crippen LogP contribution is 2.29. The summed E-state index contributed by atoms with van der Waals surface area (Å²) in [5.41, 5.74) is -1.24. The number of carboxylic acids is 2.